The van der Waals surface area contributed by atoms with Crippen LogP contribution in [0.25, 0.3) is 0 Å². The highest BCUT2D eigenvalue weighted by molar-refractivity contribution is 6.09. The summed E-state index contributed by atoms with van der Waals surface area (Å²) in [4.78, 5) is 40.8. The normalized spacial score (nSPS) is 26.2. The number of piperidine rings is 1. The van der Waals surface area contributed by atoms with E-state index in [-0.39, 0.29) is 18.5 Å². The fourth-order valence-corrected chi connectivity index (χ4v) is 3.84. The number of imide groups is 1. The van der Waals surface area contributed by atoms with Gasteiger partial charge < -0.3 is 10.2 Å². The Hall–Kier alpha value is -2.44. The van der Waals surface area contributed by atoms with E-state index in [1.54, 1.807) is 11.8 Å². The van der Waals surface area contributed by atoms with Crippen LogP contribution in [0.2, 0.25) is 0 Å². The molecule has 2 saturated heterocycles. The maximum absolute atomic E-state index is 13.2. The molecular weight excluding hydrogens is 337 g/mol. The van der Waals surface area contributed by atoms with Crippen molar-refractivity contribution in [2.75, 3.05) is 13.1 Å². The second-order valence-electron chi connectivity index (χ2n) is 7.02. The first-order valence-corrected chi connectivity index (χ1v) is 9.08. The van der Waals surface area contributed by atoms with Gasteiger partial charge in [0.2, 0.25) is 5.91 Å². The molecule has 6 nitrogen and oxygen atoms in total. The Labute approximate surface area is 152 Å². The highest BCUT2D eigenvalue weighted by atomic mass is 19.1. The van der Waals surface area contributed by atoms with Crippen molar-refractivity contribution in [1.82, 2.24) is 15.1 Å². The summed E-state index contributed by atoms with van der Waals surface area (Å²) in [6, 6.07) is 5.04. The van der Waals surface area contributed by atoms with Crippen LogP contribution in [-0.4, -0.2) is 46.8 Å². The van der Waals surface area contributed by atoms with Gasteiger partial charge in [0.25, 0.3) is 5.91 Å². The zero-order chi connectivity index (χ0) is 18.9. The van der Waals surface area contributed by atoms with E-state index < -0.39 is 23.3 Å². The van der Waals surface area contributed by atoms with Crippen molar-refractivity contribution in [3.05, 3.63) is 35.6 Å². The van der Waals surface area contributed by atoms with Gasteiger partial charge in [0, 0.05) is 12.6 Å². The van der Waals surface area contributed by atoms with Crippen molar-refractivity contribution in [1.29, 1.82) is 0 Å². The maximum atomic E-state index is 13.2. The van der Waals surface area contributed by atoms with Gasteiger partial charge in [0.15, 0.2) is 0 Å². The van der Waals surface area contributed by atoms with Crippen LogP contribution in [0, 0.1) is 5.82 Å². The van der Waals surface area contributed by atoms with E-state index in [1.807, 2.05) is 6.92 Å². The second kappa shape index (κ2) is 7.05. The summed E-state index contributed by atoms with van der Waals surface area (Å²) in [6.07, 6.45) is 3.26. The summed E-state index contributed by atoms with van der Waals surface area (Å²) in [5.74, 6) is -1.09. The van der Waals surface area contributed by atoms with Crippen molar-refractivity contribution >= 4 is 17.8 Å². The lowest BCUT2D eigenvalue weighted by Crippen LogP contribution is -2.49. The third-order valence-electron chi connectivity index (χ3n) is 5.46. The molecule has 1 N–H and O–H groups in total. The predicted molar refractivity (Wildman–Crippen MR) is 93.6 cm³/mol. The SMILES string of the molecule is CC[C@@]1(c2ccc(F)cc2)NC(=O)N(CC(=O)N2CCCC[C@@H]2C)C1=O. The molecular formula is C19H24FN3O3. The monoisotopic (exact) mass is 361 g/mol. The van der Waals surface area contributed by atoms with E-state index >= 15 is 0 Å². The number of halogens is 1. The molecule has 26 heavy (non-hydrogen) atoms. The fourth-order valence-electron chi connectivity index (χ4n) is 3.84. The van der Waals surface area contributed by atoms with Crippen molar-refractivity contribution in [3.63, 3.8) is 0 Å². The van der Waals surface area contributed by atoms with Crippen LogP contribution in [0.3, 0.4) is 0 Å². The number of carbonyl (C=O) groups excluding carboxylic acids is 3. The van der Waals surface area contributed by atoms with E-state index in [1.165, 1.54) is 24.3 Å². The lowest BCUT2D eigenvalue weighted by molar-refractivity contribution is -0.141. The molecule has 0 unspecified atom stereocenters. The molecule has 4 amide bonds. The molecule has 0 spiro atoms. The first-order chi connectivity index (χ1) is 12.4. The molecule has 0 aliphatic carbocycles. The molecule has 0 bridgehead atoms. The number of likely N-dealkylation sites (tertiary alicyclic amines) is 1. The van der Waals surface area contributed by atoms with Crippen LogP contribution in [0.15, 0.2) is 24.3 Å². The molecule has 7 heteroatoms. The summed E-state index contributed by atoms with van der Waals surface area (Å²) >= 11 is 0. The van der Waals surface area contributed by atoms with E-state index in [0.29, 0.717) is 18.5 Å². The molecule has 0 radical (unpaired) electrons. The Balaban J connectivity index is 1.81. The van der Waals surface area contributed by atoms with Gasteiger partial charge >= 0.3 is 6.03 Å². The summed E-state index contributed by atoms with van der Waals surface area (Å²) in [5, 5.41) is 2.72. The smallest absolute Gasteiger partial charge is 0.325 e. The predicted octanol–water partition coefficient (Wildman–Crippen LogP) is 2.38. The van der Waals surface area contributed by atoms with E-state index in [2.05, 4.69) is 5.32 Å². The lowest BCUT2D eigenvalue weighted by atomic mass is 9.87. The van der Waals surface area contributed by atoms with Crippen molar-refractivity contribution in [2.24, 2.45) is 0 Å². The first kappa shape index (κ1) is 18.4. The number of urea groups is 1. The number of hydrogen-bond acceptors (Lipinski definition) is 3. The average Bonchev–Trinajstić information content (AvgIpc) is 2.87. The molecule has 1 aromatic rings. The van der Waals surface area contributed by atoms with E-state index in [0.717, 1.165) is 24.2 Å². The Morgan fingerprint density at radius 2 is 1.96 bits per heavy atom. The quantitative estimate of drug-likeness (QED) is 0.837. The molecule has 2 heterocycles. The molecule has 2 aliphatic rings. The Morgan fingerprint density at radius 3 is 2.58 bits per heavy atom. The number of carbonyl (C=O) groups is 3. The molecule has 0 saturated carbocycles. The molecule has 0 aromatic heterocycles. The molecule has 1 aromatic carbocycles. The number of nitrogens with one attached hydrogen (secondary N) is 1. The number of rotatable bonds is 4. The van der Waals surface area contributed by atoms with Crippen molar-refractivity contribution < 1.29 is 18.8 Å². The van der Waals surface area contributed by atoms with Gasteiger partial charge in [-0.3, -0.25) is 14.5 Å². The van der Waals surface area contributed by atoms with Crippen molar-refractivity contribution in [3.8, 4) is 0 Å². The number of nitrogens with zero attached hydrogens (tertiary/aromatic N) is 2. The minimum atomic E-state index is -1.25. The second-order valence-corrected chi connectivity index (χ2v) is 7.02. The van der Waals surface area contributed by atoms with Crippen LogP contribution in [0.5, 0.6) is 0 Å². The summed E-state index contributed by atoms with van der Waals surface area (Å²) in [6.45, 7) is 4.15. The topological polar surface area (TPSA) is 69.7 Å². The van der Waals surface area contributed by atoms with Gasteiger partial charge in [-0.05, 0) is 50.3 Å². The molecule has 2 atom stereocenters. The Morgan fingerprint density at radius 1 is 1.27 bits per heavy atom. The van der Waals surface area contributed by atoms with Crippen molar-refractivity contribution in [2.45, 2.75) is 51.1 Å². The number of hydrogen-bond donors (Lipinski definition) is 1. The van der Waals surface area contributed by atoms with Crippen LogP contribution in [0.4, 0.5) is 9.18 Å². The fraction of sp³-hybridized carbons (Fsp3) is 0.526. The largest absolute Gasteiger partial charge is 0.338 e. The van der Waals surface area contributed by atoms with Crippen LogP contribution >= 0.6 is 0 Å². The third-order valence-corrected chi connectivity index (χ3v) is 5.46. The van der Waals surface area contributed by atoms with Gasteiger partial charge in [-0.15, -0.1) is 0 Å². The van der Waals surface area contributed by atoms with E-state index in [4.69, 9.17) is 0 Å². The minimum absolute atomic E-state index is 0.116. The highest BCUT2D eigenvalue weighted by Crippen LogP contribution is 2.32. The van der Waals surface area contributed by atoms with Gasteiger partial charge in [0.1, 0.15) is 17.9 Å². The summed E-state index contributed by atoms with van der Waals surface area (Å²) in [7, 11) is 0. The molecule has 2 fully saturated rings. The van der Waals surface area contributed by atoms with Crippen LogP contribution in [0.1, 0.15) is 45.1 Å². The third kappa shape index (κ3) is 3.06. The zero-order valence-corrected chi connectivity index (χ0v) is 15.1. The minimum Gasteiger partial charge on any atom is -0.338 e. The number of amides is 4. The molecule has 2 aliphatic heterocycles. The molecule has 140 valence electrons. The Kier molecular flexibility index (Phi) is 4.98. The first-order valence-electron chi connectivity index (χ1n) is 9.08. The van der Waals surface area contributed by atoms with Crippen LogP contribution < -0.4 is 5.32 Å². The van der Waals surface area contributed by atoms with Crippen LogP contribution in [-0.2, 0) is 15.1 Å². The van der Waals surface area contributed by atoms with Gasteiger partial charge in [-0.1, -0.05) is 19.1 Å². The Bertz CT molecular complexity index is 721. The van der Waals surface area contributed by atoms with Gasteiger partial charge in [0.05, 0.1) is 0 Å². The zero-order valence-electron chi connectivity index (χ0n) is 15.1. The molecule has 3 rings (SSSR count). The summed E-state index contributed by atoms with van der Waals surface area (Å²) < 4.78 is 13.2. The maximum Gasteiger partial charge on any atom is 0.325 e. The average molecular weight is 361 g/mol. The van der Waals surface area contributed by atoms with E-state index in [9.17, 15) is 18.8 Å². The van der Waals surface area contributed by atoms with Gasteiger partial charge in [-0.25, -0.2) is 9.18 Å². The summed E-state index contributed by atoms with van der Waals surface area (Å²) in [5.41, 5.74) is -0.737. The highest BCUT2D eigenvalue weighted by Gasteiger charge is 2.52. The standard InChI is InChI=1S/C19H24FN3O3/c1-3-19(14-7-9-15(20)10-8-14)17(25)23(18(26)21-19)12-16(24)22-11-5-4-6-13(22)2/h7-10,13H,3-6,11-12H2,1-2H3,(H,21,26)/t13-,19-/m0/s1. The van der Waals surface area contributed by atoms with Gasteiger partial charge in [-0.2, -0.15) is 0 Å². The lowest BCUT2D eigenvalue weighted by Gasteiger charge is -2.34. The number of benzene rings is 1.